The largest absolute Gasteiger partial charge is 0.447 e. The molecule has 108 valence electrons. The highest BCUT2D eigenvalue weighted by Crippen LogP contribution is 2.38. The summed E-state index contributed by atoms with van der Waals surface area (Å²) in [7, 11) is 0. The molecule has 1 atom stereocenters. The summed E-state index contributed by atoms with van der Waals surface area (Å²) >= 11 is -0.453. The molecule has 0 saturated carbocycles. The number of hydrogen-bond acceptors (Lipinski definition) is 5. The minimum Gasteiger partial charge on any atom is -0.384 e. The van der Waals surface area contributed by atoms with Gasteiger partial charge in [-0.25, -0.2) is 4.99 Å². The van der Waals surface area contributed by atoms with Crippen LogP contribution < -0.4 is 16.8 Å². The maximum atomic E-state index is 12.4. The van der Waals surface area contributed by atoms with Crippen LogP contribution in [0.3, 0.4) is 0 Å². The van der Waals surface area contributed by atoms with Crippen LogP contribution in [-0.2, 0) is 6.42 Å². The molecule has 1 heterocycles. The summed E-state index contributed by atoms with van der Waals surface area (Å²) in [5.74, 6) is 0.00635. The molecule has 1 aliphatic rings. The van der Waals surface area contributed by atoms with E-state index in [1.165, 1.54) is 6.20 Å². The zero-order chi connectivity index (χ0) is 14.8. The molecule has 1 aromatic rings. The van der Waals surface area contributed by atoms with Crippen LogP contribution in [0.1, 0.15) is 5.56 Å². The van der Waals surface area contributed by atoms with Crippen LogP contribution in [-0.4, -0.2) is 16.5 Å². The number of rotatable bonds is 3. The second kappa shape index (κ2) is 5.37. The van der Waals surface area contributed by atoms with Crippen LogP contribution >= 0.6 is 11.8 Å². The fraction of sp³-hybridized carbons (Fsp3) is 0.250. The van der Waals surface area contributed by atoms with Crippen molar-refractivity contribution in [1.29, 1.82) is 0 Å². The molecule has 0 amide bonds. The first-order valence-corrected chi connectivity index (χ1v) is 6.51. The molecule has 0 aromatic heterocycles. The molecule has 0 saturated heterocycles. The second-order valence-electron chi connectivity index (χ2n) is 4.22. The van der Waals surface area contributed by atoms with Crippen molar-refractivity contribution in [3.8, 4) is 0 Å². The lowest BCUT2D eigenvalue weighted by atomic mass is 10.0. The first-order valence-electron chi connectivity index (χ1n) is 5.69. The van der Waals surface area contributed by atoms with Crippen molar-refractivity contribution in [3.63, 3.8) is 0 Å². The quantitative estimate of drug-likeness (QED) is 0.745. The van der Waals surface area contributed by atoms with E-state index in [1.54, 1.807) is 0 Å². The van der Waals surface area contributed by atoms with Gasteiger partial charge in [-0.2, -0.15) is 13.2 Å². The number of aliphatic imine (C=N–C) groups is 1. The summed E-state index contributed by atoms with van der Waals surface area (Å²) in [4.78, 5) is 3.71. The van der Waals surface area contributed by atoms with Gasteiger partial charge in [0.25, 0.3) is 0 Å². The van der Waals surface area contributed by atoms with Gasteiger partial charge in [-0.05, 0) is 5.56 Å². The number of halogens is 3. The van der Waals surface area contributed by atoms with Crippen molar-refractivity contribution < 1.29 is 13.2 Å². The van der Waals surface area contributed by atoms with Gasteiger partial charge in [0.05, 0.1) is 0 Å². The molecule has 4 nitrogen and oxygen atoms in total. The Morgan fingerprint density at radius 3 is 2.45 bits per heavy atom. The molecule has 1 aromatic carbocycles. The maximum absolute atomic E-state index is 12.4. The van der Waals surface area contributed by atoms with Gasteiger partial charge in [0.15, 0.2) is 0 Å². The lowest BCUT2D eigenvalue weighted by Crippen LogP contribution is -2.52. The predicted molar refractivity (Wildman–Crippen MR) is 73.6 cm³/mol. The molecular formula is C12H13F3N4S. The molecule has 1 unspecified atom stereocenters. The van der Waals surface area contributed by atoms with Crippen LogP contribution in [0.25, 0.3) is 0 Å². The molecule has 20 heavy (non-hydrogen) atoms. The third kappa shape index (κ3) is 3.91. The summed E-state index contributed by atoms with van der Waals surface area (Å²) in [5.41, 5.74) is 8.29. The van der Waals surface area contributed by atoms with Crippen LogP contribution in [0.5, 0.6) is 0 Å². The van der Waals surface area contributed by atoms with E-state index in [1.807, 2.05) is 30.3 Å². The summed E-state index contributed by atoms with van der Waals surface area (Å²) in [5, 5.41) is 0.433. The van der Waals surface area contributed by atoms with E-state index in [0.717, 1.165) is 5.56 Å². The van der Waals surface area contributed by atoms with Gasteiger partial charge in [-0.15, -0.1) is 0 Å². The molecule has 0 bridgehead atoms. The van der Waals surface area contributed by atoms with Gasteiger partial charge < -0.3 is 11.1 Å². The van der Waals surface area contributed by atoms with E-state index in [4.69, 9.17) is 11.5 Å². The van der Waals surface area contributed by atoms with Crippen molar-refractivity contribution in [2.45, 2.75) is 17.0 Å². The van der Waals surface area contributed by atoms with Gasteiger partial charge in [-0.3, -0.25) is 5.73 Å². The van der Waals surface area contributed by atoms with E-state index < -0.39 is 22.4 Å². The van der Waals surface area contributed by atoms with Crippen LogP contribution in [0.15, 0.2) is 47.1 Å². The zero-order valence-corrected chi connectivity index (χ0v) is 11.1. The van der Waals surface area contributed by atoms with Crippen molar-refractivity contribution in [3.05, 3.63) is 47.7 Å². The van der Waals surface area contributed by atoms with Gasteiger partial charge in [0.1, 0.15) is 5.84 Å². The second-order valence-corrected chi connectivity index (χ2v) is 5.51. The van der Waals surface area contributed by atoms with Crippen LogP contribution in [0, 0.1) is 0 Å². The number of amidine groups is 1. The monoisotopic (exact) mass is 302 g/mol. The lowest BCUT2D eigenvalue weighted by molar-refractivity contribution is -0.0344. The minimum absolute atomic E-state index is 0.00635. The summed E-state index contributed by atoms with van der Waals surface area (Å²) in [6.07, 6.45) is 1.85. The van der Waals surface area contributed by atoms with Crippen LogP contribution in [0.4, 0.5) is 13.2 Å². The Balaban J connectivity index is 2.10. The predicted octanol–water partition coefficient (Wildman–Crippen LogP) is 1.90. The fourth-order valence-electron chi connectivity index (χ4n) is 1.73. The first-order chi connectivity index (χ1) is 9.27. The molecule has 8 heteroatoms. The van der Waals surface area contributed by atoms with E-state index in [-0.39, 0.29) is 5.84 Å². The third-order valence-corrected chi connectivity index (χ3v) is 3.33. The number of nitrogens with zero attached hydrogens (tertiary/aromatic N) is 1. The molecule has 0 radical (unpaired) electrons. The van der Waals surface area contributed by atoms with E-state index in [9.17, 15) is 13.2 Å². The maximum Gasteiger partial charge on any atom is 0.447 e. The lowest BCUT2D eigenvalue weighted by Gasteiger charge is -2.30. The number of alkyl halides is 3. The Labute approximate surface area is 118 Å². The molecule has 5 N–H and O–H groups in total. The SMILES string of the molecule is NC1=NC(N)(SC(F)(F)F)NC=C1Cc1ccccc1. The smallest absolute Gasteiger partial charge is 0.384 e. The summed E-state index contributed by atoms with van der Waals surface area (Å²) < 4.78 is 37.1. The third-order valence-electron chi connectivity index (χ3n) is 2.58. The Morgan fingerprint density at radius 2 is 1.90 bits per heavy atom. The standard InChI is InChI=1S/C12H13F3N4S/c13-11(14,15)20-12(17)18-7-9(10(16)19-12)6-8-4-2-1-3-5-8/h1-5,7,18H,6,17H2,(H2,16,19). The Kier molecular flexibility index (Phi) is 3.96. The van der Waals surface area contributed by atoms with E-state index >= 15 is 0 Å². The molecular weight excluding hydrogens is 289 g/mol. The fourth-order valence-corrected chi connectivity index (χ4v) is 2.35. The number of nitrogens with two attached hydrogens (primary N) is 2. The van der Waals surface area contributed by atoms with Gasteiger partial charge in [-0.1, -0.05) is 30.3 Å². The highest BCUT2D eigenvalue weighted by Gasteiger charge is 2.42. The molecule has 2 rings (SSSR count). The number of benzene rings is 1. The van der Waals surface area contributed by atoms with Gasteiger partial charge >= 0.3 is 5.51 Å². The number of nitrogens with one attached hydrogen (secondary N) is 1. The van der Waals surface area contributed by atoms with Crippen molar-refractivity contribution >= 4 is 17.6 Å². The molecule has 0 fully saturated rings. The number of thioether (sulfide) groups is 1. The highest BCUT2D eigenvalue weighted by molar-refractivity contribution is 8.01. The molecule has 1 aliphatic heterocycles. The average Bonchev–Trinajstić information content (AvgIpc) is 2.32. The topological polar surface area (TPSA) is 76.4 Å². The molecule has 0 spiro atoms. The Bertz CT molecular complexity index is 541. The van der Waals surface area contributed by atoms with Crippen molar-refractivity contribution in [2.24, 2.45) is 16.5 Å². The van der Waals surface area contributed by atoms with Gasteiger partial charge in [0.2, 0.25) is 5.12 Å². The zero-order valence-electron chi connectivity index (χ0n) is 10.3. The average molecular weight is 302 g/mol. The van der Waals surface area contributed by atoms with E-state index in [0.29, 0.717) is 12.0 Å². The summed E-state index contributed by atoms with van der Waals surface area (Å²) in [6.45, 7) is 0. The normalized spacial score (nSPS) is 22.8. The summed E-state index contributed by atoms with van der Waals surface area (Å²) in [6, 6.07) is 9.39. The Hall–Kier alpha value is -1.67. The minimum atomic E-state index is -4.50. The first kappa shape index (κ1) is 14.7. The van der Waals surface area contributed by atoms with Crippen LogP contribution in [0.2, 0.25) is 0 Å². The van der Waals surface area contributed by atoms with Gasteiger partial charge in [0, 0.05) is 30.0 Å². The van der Waals surface area contributed by atoms with Crippen molar-refractivity contribution in [1.82, 2.24) is 5.32 Å². The van der Waals surface area contributed by atoms with E-state index in [2.05, 4.69) is 10.3 Å². The number of hydrogen-bond donors (Lipinski definition) is 3. The highest BCUT2D eigenvalue weighted by atomic mass is 32.2. The van der Waals surface area contributed by atoms with Crippen molar-refractivity contribution in [2.75, 3.05) is 0 Å². The Morgan fingerprint density at radius 1 is 1.25 bits per heavy atom. The molecule has 0 aliphatic carbocycles.